The number of carbonyl (C=O) groups is 2. The molecule has 0 saturated carbocycles. The number of hydrogen-bond acceptors (Lipinski definition) is 7. The Morgan fingerprint density at radius 3 is 2.97 bits per heavy atom. The Morgan fingerprint density at radius 2 is 2.18 bits per heavy atom. The fourth-order valence-corrected chi connectivity index (χ4v) is 4.80. The van der Waals surface area contributed by atoms with Gasteiger partial charge in [-0.25, -0.2) is 9.97 Å². The zero-order chi connectivity index (χ0) is 23.5. The Bertz CT molecular complexity index is 1300. The lowest BCUT2D eigenvalue weighted by Crippen LogP contribution is -2.38. The molecule has 0 aromatic carbocycles. The highest BCUT2D eigenvalue weighted by molar-refractivity contribution is 7.17. The number of nitrogens with zero attached hydrogens (tertiary/aromatic N) is 6. The first-order valence-corrected chi connectivity index (χ1v) is 11.9. The van der Waals surface area contributed by atoms with Gasteiger partial charge >= 0.3 is 0 Å². The van der Waals surface area contributed by atoms with E-state index in [0.29, 0.717) is 29.7 Å². The van der Waals surface area contributed by atoms with Crippen molar-refractivity contribution in [3.8, 4) is 0 Å². The average molecular weight is 480 g/mol. The second-order valence-corrected chi connectivity index (χ2v) is 9.26. The van der Waals surface area contributed by atoms with Gasteiger partial charge in [0.2, 0.25) is 5.91 Å². The number of amides is 2. The maximum Gasteiger partial charge on any atom is 0.263 e. The molecular weight excluding hydrogens is 454 g/mol. The van der Waals surface area contributed by atoms with Gasteiger partial charge in [-0.1, -0.05) is 11.3 Å². The Kier molecular flexibility index (Phi) is 6.37. The predicted octanol–water partition coefficient (Wildman–Crippen LogP) is 2.21. The Balaban J connectivity index is 1.27. The molecule has 1 atom stereocenters. The second kappa shape index (κ2) is 9.74. The number of rotatable bonds is 8. The van der Waals surface area contributed by atoms with Crippen LogP contribution in [0.1, 0.15) is 33.6 Å². The van der Waals surface area contributed by atoms with Gasteiger partial charge in [-0.05, 0) is 36.1 Å². The molecule has 2 amide bonds. The Hall–Kier alpha value is -3.57. The molecule has 0 bridgehead atoms. The van der Waals surface area contributed by atoms with Crippen molar-refractivity contribution in [2.75, 3.05) is 18.1 Å². The molecule has 0 unspecified atom stereocenters. The van der Waals surface area contributed by atoms with Gasteiger partial charge in [0, 0.05) is 45.0 Å². The number of hydrogen-bond donors (Lipinski definition) is 1. The van der Waals surface area contributed by atoms with E-state index in [0.717, 1.165) is 29.6 Å². The zero-order valence-corrected chi connectivity index (χ0v) is 19.6. The molecule has 10 nitrogen and oxygen atoms in total. The topological polar surface area (TPSA) is 107 Å². The minimum Gasteiger partial charge on any atom is -0.376 e. The minimum absolute atomic E-state index is 0.0309. The van der Waals surface area contributed by atoms with Crippen LogP contribution in [0.4, 0.5) is 5.13 Å². The number of thiazole rings is 1. The maximum absolute atomic E-state index is 13.2. The minimum atomic E-state index is -0.233. The van der Waals surface area contributed by atoms with Crippen LogP contribution in [-0.4, -0.2) is 55.2 Å². The fraction of sp³-hybridized carbons (Fsp3) is 0.348. The van der Waals surface area contributed by atoms with Gasteiger partial charge in [-0.3, -0.25) is 19.2 Å². The first-order valence-electron chi connectivity index (χ1n) is 11.1. The highest BCUT2D eigenvalue weighted by Crippen LogP contribution is 2.26. The molecule has 176 valence electrons. The Morgan fingerprint density at radius 1 is 1.26 bits per heavy atom. The maximum atomic E-state index is 13.2. The summed E-state index contributed by atoms with van der Waals surface area (Å²) in [4.78, 5) is 36.7. The van der Waals surface area contributed by atoms with Crippen LogP contribution in [0.25, 0.3) is 5.65 Å². The quantitative estimate of drug-likeness (QED) is 0.415. The van der Waals surface area contributed by atoms with Crippen LogP contribution in [0, 0.1) is 0 Å². The number of ether oxygens (including phenoxy) is 1. The summed E-state index contributed by atoms with van der Waals surface area (Å²) >= 11 is 1.20. The monoisotopic (exact) mass is 479 g/mol. The summed E-state index contributed by atoms with van der Waals surface area (Å²) in [5, 5.41) is 7.56. The molecule has 5 rings (SSSR count). The van der Waals surface area contributed by atoms with Crippen molar-refractivity contribution in [2.45, 2.75) is 31.9 Å². The fourth-order valence-electron chi connectivity index (χ4n) is 3.94. The van der Waals surface area contributed by atoms with Gasteiger partial charge in [-0.2, -0.15) is 5.10 Å². The smallest absolute Gasteiger partial charge is 0.263 e. The highest BCUT2D eigenvalue weighted by Gasteiger charge is 2.27. The summed E-state index contributed by atoms with van der Waals surface area (Å²) in [5.41, 5.74) is 2.60. The van der Waals surface area contributed by atoms with E-state index in [1.54, 1.807) is 22.0 Å². The molecule has 0 spiro atoms. The van der Waals surface area contributed by atoms with Crippen molar-refractivity contribution >= 4 is 33.9 Å². The molecule has 11 heteroatoms. The van der Waals surface area contributed by atoms with Gasteiger partial charge in [0.25, 0.3) is 5.91 Å². The van der Waals surface area contributed by atoms with E-state index in [2.05, 4.69) is 20.4 Å². The molecule has 1 saturated heterocycles. The molecule has 1 aliphatic rings. The Labute approximate surface area is 200 Å². The van der Waals surface area contributed by atoms with Crippen LogP contribution >= 0.6 is 11.3 Å². The summed E-state index contributed by atoms with van der Waals surface area (Å²) in [7, 11) is 1.82. The summed E-state index contributed by atoms with van der Waals surface area (Å²) < 4.78 is 9.33. The lowest BCUT2D eigenvalue weighted by Gasteiger charge is -2.22. The third-order valence-electron chi connectivity index (χ3n) is 5.69. The highest BCUT2D eigenvalue weighted by atomic mass is 32.1. The normalized spacial score (nSPS) is 15.6. The molecule has 34 heavy (non-hydrogen) atoms. The van der Waals surface area contributed by atoms with Crippen LogP contribution in [0.5, 0.6) is 0 Å². The predicted molar refractivity (Wildman–Crippen MR) is 127 cm³/mol. The number of imidazole rings is 1. The van der Waals surface area contributed by atoms with Crippen LogP contribution in [0.3, 0.4) is 0 Å². The second-order valence-electron chi connectivity index (χ2n) is 8.26. The number of aromatic nitrogens is 5. The van der Waals surface area contributed by atoms with E-state index < -0.39 is 0 Å². The summed E-state index contributed by atoms with van der Waals surface area (Å²) in [6.45, 7) is 1.48. The number of pyridine rings is 1. The van der Waals surface area contributed by atoms with Crippen molar-refractivity contribution in [1.82, 2.24) is 29.5 Å². The van der Waals surface area contributed by atoms with Crippen LogP contribution < -0.4 is 10.2 Å². The number of aryl methyl sites for hydroxylation is 1. The number of nitrogens with one attached hydrogen (secondary N) is 1. The van der Waals surface area contributed by atoms with E-state index in [4.69, 9.17) is 4.74 Å². The van der Waals surface area contributed by atoms with Crippen molar-refractivity contribution < 1.29 is 14.3 Å². The molecule has 1 fully saturated rings. The van der Waals surface area contributed by atoms with Crippen LogP contribution in [0.15, 0.2) is 49.3 Å². The summed E-state index contributed by atoms with van der Waals surface area (Å²) in [6.07, 6.45) is 12.6. The molecule has 1 aliphatic heterocycles. The summed E-state index contributed by atoms with van der Waals surface area (Å²) in [5.74, 6) is -0.332. The molecule has 0 aliphatic carbocycles. The third-order valence-corrected chi connectivity index (χ3v) is 6.71. The molecule has 5 heterocycles. The molecule has 1 N–H and O–H groups in total. The van der Waals surface area contributed by atoms with Crippen molar-refractivity contribution in [1.29, 1.82) is 0 Å². The first kappa shape index (κ1) is 22.2. The molecule has 0 radical (unpaired) electrons. The molecular formula is C23H25N7O3S. The third kappa shape index (κ3) is 5.00. The van der Waals surface area contributed by atoms with Gasteiger partial charge in [-0.15, -0.1) is 0 Å². The molecule has 4 aromatic rings. The lowest BCUT2D eigenvalue weighted by atomic mass is 10.2. The molecule has 4 aromatic heterocycles. The van der Waals surface area contributed by atoms with Gasteiger partial charge < -0.3 is 14.5 Å². The van der Waals surface area contributed by atoms with Crippen molar-refractivity contribution in [2.24, 2.45) is 7.05 Å². The van der Waals surface area contributed by atoms with Crippen LogP contribution in [0.2, 0.25) is 0 Å². The largest absolute Gasteiger partial charge is 0.376 e. The van der Waals surface area contributed by atoms with Crippen molar-refractivity contribution in [3.63, 3.8) is 0 Å². The van der Waals surface area contributed by atoms with E-state index >= 15 is 0 Å². The SMILES string of the molecule is Cn1cc(CC(=O)N(C[C@H]2CCCO2)c2ncc(C(=O)NCc3ccn4ccnc4c3)s2)cn1. The van der Waals surface area contributed by atoms with E-state index in [-0.39, 0.29) is 24.3 Å². The van der Waals surface area contributed by atoms with Gasteiger partial charge in [0.05, 0.1) is 31.5 Å². The zero-order valence-electron chi connectivity index (χ0n) is 18.8. The van der Waals surface area contributed by atoms with E-state index in [1.807, 2.05) is 42.2 Å². The van der Waals surface area contributed by atoms with Gasteiger partial charge in [0.1, 0.15) is 10.5 Å². The number of fused-ring (bicyclic) bond motifs is 1. The summed E-state index contributed by atoms with van der Waals surface area (Å²) in [6, 6.07) is 3.87. The van der Waals surface area contributed by atoms with Gasteiger partial charge in [0.15, 0.2) is 5.13 Å². The lowest BCUT2D eigenvalue weighted by molar-refractivity contribution is -0.118. The standard InChI is InChI=1S/C23H25N7O3S/c1-28-14-17(12-27-28)10-21(31)30(15-18-3-2-8-33-18)23-26-13-19(34-23)22(32)25-11-16-4-6-29-7-5-24-20(29)9-16/h4-7,9,12-14,18H,2-3,8,10-11,15H2,1H3,(H,25,32)/t18-/m1/s1. The first-order chi connectivity index (χ1) is 16.5. The van der Waals surface area contributed by atoms with Crippen molar-refractivity contribution in [3.05, 3.63) is 65.3 Å². The average Bonchev–Trinajstić information content (AvgIpc) is 3.63. The van der Waals surface area contributed by atoms with Crippen LogP contribution in [-0.2, 0) is 29.5 Å². The number of anilines is 1. The van der Waals surface area contributed by atoms with E-state index in [1.165, 1.54) is 17.5 Å². The van der Waals surface area contributed by atoms with E-state index in [9.17, 15) is 9.59 Å². The number of carbonyl (C=O) groups excluding carboxylic acids is 2.